The molecule has 5 nitrogen and oxygen atoms in total. The summed E-state index contributed by atoms with van der Waals surface area (Å²) in [6, 6.07) is 7.78. The number of anilines is 1. The average Bonchev–Trinajstić information content (AvgIpc) is 2.84. The molecule has 1 atom stereocenters. The SMILES string of the molecule is CC(=O)Nc1ccc(CNC(C)c2ncc(C)o2)cc1. The predicted octanol–water partition coefficient (Wildman–Crippen LogP) is 2.79. The maximum Gasteiger partial charge on any atom is 0.221 e. The number of rotatable bonds is 5. The standard InChI is InChI=1S/C15H19N3O2/c1-10-8-17-15(20-10)11(2)16-9-13-4-6-14(7-5-13)18-12(3)19/h4-8,11,16H,9H2,1-3H3,(H,18,19). The van der Waals surface area contributed by atoms with Crippen LogP contribution in [0, 0.1) is 6.92 Å². The Morgan fingerprint density at radius 2 is 2.05 bits per heavy atom. The number of amides is 1. The second-order valence-corrected chi connectivity index (χ2v) is 4.79. The summed E-state index contributed by atoms with van der Waals surface area (Å²) < 4.78 is 5.48. The van der Waals surface area contributed by atoms with Crippen LogP contribution in [0.5, 0.6) is 0 Å². The van der Waals surface area contributed by atoms with Gasteiger partial charge in [-0.2, -0.15) is 0 Å². The Labute approximate surface area is 118 Å². The van der Waals surface area contributed by atoms with Gasteiger partial charge in [-0.3, -0.25) is 4.79 Å². The Balaban J connectivity index is 1.89. The summed E-state index contributed by atoms with van der Waals surface area (Å²) in [5, 5.41) is 6.09. The van der Waals surface area contributed by atoms with Crippen LogP contribution in [0.2, 0.25) is 0 Å². The molecule has 1 aromatic heterocycles. The molecular formula is C15H19N3O2. The van der Waals surface area contributed by atoms with E-state index in [4.69, 9.17) is 4.42 Å². The van der Waals surface area contributed by atoms with Gasteiger partial charge < -0.3 is 15.1 Å². The van der Waals surface area contributed by atoms with Crippen molar-refractivity contribution in [2.75, 3.05) is 5.32 Å². The number of carbonyl (C=O) groups excluding carboxylic acids is 1. The van der Waals surface area contributed by atoms with E-state index >= 15 is 0 Å². The Bertz CT molecular complexity index is 575. The third-order valence-electron chi connectivity index (χ3n) is 2.90. The van der Waals surface area contributed by atoms with Crippen LogP contribution in [0.3, 0.4) is 0 Å². The van der Waals surface area contributed by atoms with E-state index in [0.717, 1.165) is 17.0 Å². The van der Waals surface area contributed by atoms with Gasteiger partial charge in [-0.15, -0.1) is 0 Å². The molecule has 0 bridgehead atoms. The molecule has 2 aromatic rings. The molecule has 2 N–H and O–H groups in total. The molecular weight excluding hydrogens is 254 g/mol. The van der Waals surface area contributed by atoms with Crippen LogP contribution in [-0.4, -0.2) is 10.9 Å². The highest BCUT2D eigenvalue weighted by atomic mass is 16.4. The van der Waals surface area contributed by atoms with Gasteiger partial charge >= 0.3 is 0 Å². The second kappa shape index (κ2) is 6.34. The monoisotopic (exact) mass is 273 g/mol. The molecule has 0 saturated carbocycles. The van der Waals surface area contributed by atoms with Crippen LogP contribution in [0.4, 0.5) is 5.69 Å². The van der Waals surface area contributed by atoms with E-state index < -0.39 is 0 Å². The summed E-state index contributed by atoms with van der Waals surface area (Å²) in [7, 11) is 0. The number of nitrogens with one attached hydrogen (secondary N) is 2. The molecule has 2 rings (SSSR count). The Hall–Kier alpha value is -2.14. The van der Waals surface area contributed by atoms with Crippen molar-refractivity contribution in [1.82, 2.24) is 10.3 Å². The first-order valence-electron chi connectivity index (χ1n) is 6.57. The summed E-state index contributed by atoms with van der Waals surface area (Å²) >= 11 is 0. The molecule has 0 aliphatic rings. The van der Waals surface area contributed by atoms with Crippen molar-refractivity contribution in [2.24, 2.45) is 0 Å². The van der Waals surface area contributed by atoms with Gasteiger partial charge in [-0.05, 0) is 31.5 Å². The first-order chi connectivity index (χ1) is 9.54. The highest BCUT2D eigenvalue weighted by Crippen LogP contribution is 2.14. The number of carbonyl (C=O) groups is 1. The maximum absolute atomic E-state index is 10.9. The lowest BCUT2D eigenvalue weighted by atomic mass is 10.2. The largest absolute Gasteiger partial charge is 0.444 e. The fourth-order valence-electron chi connectivity index (χ4n) is 1.84. The quantitative estimate of drug-likeness (QED) is 0.879. The van der Waals surface area contributed by atoms with Gasteiger partial charge in [0.05, 0.1) is 12.2 Å². The summed E-state index contributed by atoms with van der Waals surface area (Å²) in [6.45, 7) is 6.10. The van der Waals surface area contributed by atoms with Gasteiger partial charge in [0.2, 0.25) is 11.8 Å². The molecule has 1 aromatic carbocycles. The minimum absolute atomic E-state index is 0.0544. The van der Waals surface area contributed by atoms with Crippen molar-refractivity contribution in [3.05, 3.63) is 47.7 Å². The van der Waals surface area contributed by atoms with E-state index in [1.54, 1.807) is 6.20 Å². The molecule has 1 unspecified atom stereocenters. The number of hydrogen-bond acceptors (Lipinski definition) is 4. The molecule has 1 amide bonds. The third kappa shape index (κ3) is 3.93. The average molecular weight is 273 g/mol. The summed E-state index contributed by atoms with van der Waals surface area (Å²) in [5.74, 6) is 1.44. The van der Waals surface area contributed by atoms with E-state index in [0.29, 0.717) is 12.4 Å². The molecule has 20 heavy (non-hydrogen) atoms. The smallest absolute Gasteiger partial charge is 0.221 e. The maximum atomic E-state index is 10.9. The van der Waals surface area contributed by atoms with Crippen molar-refractivity contribution < 1.29 is 9.21 Å². The van der Waals surface area contributed by atoms with Crippen LogP contribution >= 0.6 is 0 Å². The van der Waals surface area contributed by atoms with Crippen LogP contribution in [0.25, 0.3) is 0 Å². The van der Waals surface area contributed by atoms with E-state index in [1.165, 1.54) is 6.92 Å². The molecule has 0 radical (unpaired) electrons. The third-order valence-corrected chi connectivity index (χ3v) is 2.90. The van der Waals surface area contributed by atoms with Gasteiger partial charge in [-0.1, -0.05) is 12.1 Å². The van der Waals surface area contributed by atoms with E-state index in [9.17, 15) is 4.79 Å². The number of benzene rings is 1. The zero-order valence-electron chi connectivity index (χ0n) is 11.9. The lowest BCUT2D eigenvalue weighted by molar-refractivity contribution is -0.114. The fraction of sp³-hybridized carbons (Fsp3) is 0.333. The van der Waals surface area contributed by atoms with Gasteiger partial charge in [0.1, 0.15) is 5.76 Å². The zero-order chi connectivity index (χ0) is 14.5. The molecule has 106 valence electrons. The molecule has 0 saturated heterocycles. The number of aromatic nitrogens is 1. The van der Waals surface area contributed by atoms with Crippen molar-refractivity contribution in [2.45, 2.75) is 33.4 Å². The first-order valence-corrected chi connectivity index (χ1v) is 6.57. The summed E-state index contributed by atoms with van der Waals surface area (Å²) in [5.41, 5.74) is 1.94. The Morgan fingerprint density at radius 3 is 2.60 bits per heavy atom. The number of oxazole rings is 1. The van der Waals surface area contributed by atoms with Gasteiger partial charge in [0.15, 0.2) is 0 Å². The second-order valence-electron chi connectivity index (χ2n) is 4.79. The minimum Gasteiger partial charge on any atom is -0.444 e. The van der Waals surface area contributed by atoms with E-state index in [-0.39, 0.29) is 11.9 Å². The van der Waals surface area contributed by atoms with Crippen LogP contribution in [0.15, 0.2) is 34.9 Å². The topological polar surface area (TPSA) is 67.2 Å². The van der Waals surface area contributed by atoms with Gasteiger partial charge in [-0.25, -0.2) is 4.98 Å². The number of hydrogen-bond donors (Lipinski definition) is 2. The van der Waals surface area contributed by atoms with E-state index in [1.807, 2.05) is 38.1 Å². The van der Waals surface area contributed by atoms with E-state index in [2.05, 4.69) is 15.6 Å². The zero-order valence-corrected chi connectivity index (χ0v) is 11.9. The predicted molar refractivity (Wildman–Crippen MR) is 77.2 cm³/mol. The molecule has 0 fully saturated rings. The van der Waals surface area contributed by atoms with Crippen molar-refractivity contribution in [3.63, 3.8) is 0 Å². The molecule has 0 spiro atoms. The highest BCUT2D eigenvalue weighted by Gasteiger charge is 2.10. The van der Waals surface area contributed by atoms with Crippen molar-refractivity contribution >= 4 is 11.6 Å². The molecule has 5 heteroatoms. The van der Waals surface area contributed by atoms with Crippen molar-refractivity contribution in [1.29, 1.82) is 0 Å². The lowest BCUT2D eigenvalue weighted by Crippen LogP contribution is -2.18. The first kappa shape index (κ1) is 14.3. The Kier molecular flexibility index (Phi) is 4.53. The van der Waals surface area contributed by atoms with Crippen LogP contribution in [-0.2, 0) is 11.3 Å². The highest BCUT2D eigenvalue weighted by molar-refractivity contribution is 5.88. The van der Waals surface area contributed by atoms with Crippen LogP contribution < -0.4 is 10.6 Å². The van der Waals surface area contributed by atoms with Gasteiger partial charge in [0, 0.05) is 19.2 Å². The normalized spacial score (nSPS) is 12.2. The molecule has 0 aliphatic heterocycles. The summed E-state index contributed by atoms with van der Waals surface area (Å²) in [4.78, 5) is 15.1. The number of nitrogens with zero attached hydrogens (tertiary/aromatic N) is 1. The van der Waals surface area contributed by atoms with Gasteiger partial charge in [0.25, 0.3) is 0 Å². The minimum atomic E-state index is -0.0660. The fourth-order valence-corrected chi connectivity index (χ4v) is 1.84. The van der Waals surface area contributed by atoms with Crippen LogP contribution in [0.1, 0.15) is 37.1 Å². The molecule has 0 aliphatic carbocycles. The Morgan fingerprint density at radius 1 is 1.35 bits per heavy atom. The summed E-state index contributed by atoms with van der Waals surface area (Å²) in [6.07, 6.45) is 1.72. The lowest BCUT2D eigenvalue weighted by Gasteiger charge is -2.11. The molecule has 1 heterocycles. The van der Waals surface area contributed by atoms with Crippen molar-refractivity contribution in [3.8, 4) is 0 Å². The number of aryl methyl sites for hydroxylation is 1.